The molecular formula is C26H30FN3O6. The van der Waals surface area contributed by atoms with Crippen LogP contribution in [0.4, 0.5) is 10.1 Å². The Morgan fingerprint density at radius 2 is 1.72 bits per heavy atom. The number of nitrogens with one attached hydrogen (secondary N) is 1. The van der Waals surface area contributed by atoms with Gasteiger partial charge in [-0.25, -0.2) is 4.39 Å². The molecule has 2 saturated heterocycles. The number of amides is 1. The van der Waals surface area contributed by atoms with Crippen LogP contribution in [0.5, 0.6) is 11.5 Å². The molecule has 10 heteroatoms. The summed E-state index contributed by atoms with van der Waals surface area (Å²) in [6.07, 6.45) is -0.236. The lowest BCUT2D eigenvalue weighted by Crippen LogP contribution is -2.52. The standard InChI is InChI=1S/C26H30FN3O6/c27-20-14-18(15-22-25(20)36-13-12-35-22)23(31)21(16-29-6-1-7-29)28-26(33)24(32)17-2-4-19(5-3-17)30-8-10-34-11-9-30/h2-5,14-15,21,23,31H,1,6-13,16H2,(H,28,33). The Kier molecular flexibility index (Phi) is 7.35. The van der Waals surface area contributed by atoms with E-state index in [0.29, 0.717) is 19.8 Å². The lowest BCUT2D eigenvalue weighted by Gasteiger charge is -2.36. The molecule has 9 nitrogen and oxygen atoms in total. The summed E-state index contributed by atoms with van der Waals surface area (Å²) in [4.78, 5) is 30.0. The number of aliphatic hydroxyl groups is 1. The highest BCUT2D eigenvalue weighted by Crippen LogP contribution is 2.36. The number of carbonyl (C=O) groups is 2. The summed E-state index contributed by atoms with van der Waals surface area (Å²) in [6.45, 7) is 5.33. The molecular weight excluding hydrogens is 469 g/mol. The molecule has 2 unspecified atom stereocenters. The van der Waals surface area contributed by atoms with Crippen LogP contribution in [0.2, 0.25) is 0 Å². The monoisotopic (exact) mass is 499 g/mol. The van der Waals surface area contributed by atoms with E-state index >= 15 is 0 Å². The average molecular weight is 500 g/mol. The molecule has 0 aliphatic carbocycles. The number of ketones is 1. The molecule has 192 valence electrons. The van der Waals surface area contributed by atoms with Crippen molar-refractivity contribution in [3.63, 3.8) is 0 Å². The smallest absolute Gasteiger partial charge is 0.292 e. The minimum absolute atomic E-state index is 0.0104. The van der Waals surface area contributed by atoms with Crippen molar-refractivity contribution in [2.24, 2.45) is 0 Å². The number of morpholine rings is 1. The predicted molar refractivity (Wildman–Crippen MR) is 129 cm³/mol. The van der Waals surface area contributed by atoms with E-state index in [0.717, 1.165) is 38.3 Å². The molecule has 36 heavy (non-hydrogen) atoms. The molecule has 0 spiro atoms. The Morgan fingerprint density at radius 1 is 1.00 bits per heavy atom. The number of benzene rings is 2. The Bertz CT molecular complexity index is 1100. The van der Waals surface area contributed by atoms with Gasteiger partial charge in [0.25, 0.3) is 5.91 Å². The molecule has 2 aromatic carbocycles. The zero-order valence-corrected chi connectivity index (χ0v) is 20.0. The van der Waals surface area contributed by atoms with Crippen molar-refractivity contribution in [2.45, 2.75) is 18.6 Å². The van der Waals surface area contributed by atoms with Crippen molar-refractivity contribution < 1.29 is 33.3 Å². The molecule has 2 aromatic rings. The molecule has 0 aromatic heterocycles. The summed E-state index contributed by atoms with van der Waals surface area (Å²) in [6, 6.07) is 8.76. The summed E-state index contributed by atoms with van der Waals surface area (Å²) in [5.74, 6) is -1.95. The maximum absolute atomic E-state index is 14.6. The number of hydrogen-bond acceptors (Lipinski definition) is 8. The van der Waals surface area contributed by atoms with Gasteiger partial charge in [-0.1, -0.05) is 0 Å². The van der Waals surface area contributed by atoms with Crippen LogP contribution in [0, 0.1) is 5.82 Å². The van der Waals surface area contributed by atoms with Gasteiger partial charge < -0.3 is 34.4 Å². The number of carbonyl (C=O) groups excluding carboxylic acids is 2. The first kappa shape index (κ1) is 24.5. The Morgan fingerprint density at radius 3 is 2.42 bits per heavy atom. The van der Waals surface area contributed by atoms with Crippen molar-refractivity contribution >= 4 is 17.4 Å². The first-order valence-corrected chi connectivity index (χ1v) is 12.3. The van der Waals surface area contributed by atoms with Crippen molar-refractivity contribution in [1.82, 2.24) is 10.2 Å². The molecule has 2 atom stereocenters. The number of hydrogen-bond donors (Lipinski definition) is 2. The van der Waals surface area contributed by atoms with E-state index in [1.165, 1.54) is 12.1 Å². The second kappa shape index (κ2) is 10.8. The zero-order valence-electron chi connectivity index (χ0n) is 20.0. The molecule has 3 aliphatic rings. The maximum Gasteiger partial charge on any atom is 0.292 e. The van der Waals surface area contributed by atoms with Gasteiger partial charge in [0.1, 0.15) is 19.3 Å². The van der Waals surface area contributed by atoms with Crippen molar-refractivity contribution in [1.29, 1.82) is 0 Å². The normalized spacial score (nSPS) is 19.2. The number of nitrogens with zero attached hydrogens (tertiary/aromatic N) is 2. The van der Waals surface area contributed by atoms with Crippen LogP contribution in [0.1, 0.15) is 28.4 Å². The summed E-state index contributed by atoms with van der Waals surface area (Å²) >= 11 is 0. The lowest BCUT2D eigenvalue weighted by atomic mass is 9.99. The molecule has 2 fully saturated rings. The fourth-order valence-electron chi connectivity index (χ4n) is 4.61. The van der Waals surface area contributed by atoms with Gasteiger partial charge in [-0.3, -0.25) is 9.59 Å². The maximum atomic E-state index is 14.6. The summed E-state index contributed by atoms with van der Waals surface area (Å²) in [7, 11) is 0. The van der Waals surface area contributed by atoms with Gasteiger partial charge in [0.05, 0.1) is 19.3 Å². The van der Waals surface area contributed by atoms with Crippen molar-refractivity contribution in [3.8, 4) is 11.5 Å². The number of rotatable bonds is 8. The molecule has 0 saturated carbocycles. The van der Waals surface area contributed by atoms with Crippen LogP contribution < -0.4 is 19.7 Å². The topological polar surface area (TPSA) is 101 Å². The zero-order chi connectivity index (χ0) is 25.1. The minimum Gasteiger partial charge on any atom is -0.486 e. The van der Waals surface area contributed by atoms with Crippen LogP contribution in [-0.2, 0) is 9.53 Å². The van der Waals surface area contributed by atoms with Gasteiger partial charge >= 0.3 is 0 Å². The third kappa shape index (κ3) is 5.30. The van der Waals surface area contributed by atoms with Gasteiger partial charge in [-0.15, -0.1) is 0 Å². The number of anilines is 1. The van der Waals surface area contributed by atoms with E-state index in [1.807, 2.05) is 12.1 Å². The van der Waals surface area contributed by atoms with Crippen LogP contribution >= 0.6 is 0 Å². The SMILES string of the molecule is O=C(NC(CN1CCC1)C(O)c1cc(F)c2c(c1)OCCO2)C(=O)c1ccc(N2CCOCC2)cc1. The second-order valence-corrected chi connectivity index (χ2v) is 9.18. The van der Waals surface area contributed by atoms with E-state index in [2.05, 4.69) is 15.1 Å². The third-order valence-corrected chi connectivity index (χ3v) is 6.77. The lowest BCUT2D eigenvalue weighted by molar-refractivity contribution is -0.118. The van der Waals surface area contributed by atoms with Crippen molar-refractivity contribution in [3.05, 3.63) is 53.3 Å². The number of Topliss-reactive ketones (excluding diaryl/α,β-unsaturated/α-hetero) is 1. The molecule has 0 radical (unpaired) electrons. The number of halogens is 1. The number of likely N-dealkylation sites (tertiary alicyclic amines) is 1. The fourth-order valence-corrected chi connectivity index (χ4v) is 4.61. The molecule has 3 heterocycles. The Labute approximate surface area is 208 Å². The van der Waals surface area contributed by atoms with Crippen LogP contribution in [0.25, 0.3) is 0 Å². The van der Waals surface area contributed by atoms with Crippen LogP contribution in [-0.4, -0.2) is 86.9 Å². The van der Waals surface area contributed by atoms with Gasteiger partial charge in [0.15, 0.2) is 17.3 Å². The highest BCUT2D eigenvalue weighted by molar-refractivity contribution is 6.42. The van der Waals surface area contributed by atoms with E-state index in [9.17, 15) is 19.1 Å². The molecule has 5 rings (SSSR count). The molecule has 2 N–H and O–H groups in total. The highest BCUT2D eigenvalue weighted by atomic mass is 19.1. The number of aliphatic hydroxyl groups excluding tert-OH is 1. The first-order chi connectivity index (χ1) is 17.5. The van der Waals surface area contributed by atoms with Gasteiger partial charge in [-0.05, 0) is 61.5 Å². The van der Waals surface area contributed by atoms with Gasteiger partial charge in [0, 0.05) is 30.9 Å². The Hall–Kier alpha value is -3.21. The van der Waals surface area contributed by atoms with E-state index < -0.39 is 29.7 Å². The summed E-state index contributed by atoms with van der Waals surface area (Å²) < 4.78 is 30.8. The third-order valence-electron chi connectivity index (χ3n) is 6.77. The predicted octanol–water partition coefficient (Wildman–Crippen LogP) is 1.54. The quantitative estimate of drug-likeness (QED) is 0.417. The van der Waals surface area contributed by atoms with E-state index in [1.54, 1.807) is 12.1 Å². The van der Waals surface area contributed by atoms with Crippen molar-refractivity contribution in [2.75, 3.05) is 64.1 Å². The number of ether oxygens (including phenoxy) is 3. The summed E-state index contributed by atoms with van der Waals surface area (Å²) in [5.41, 5.74) is 1.46. The average Bonchev–Trinajstić information content (AvgIpc) is 2.89. The first-order valence-electron chi connectivity index (χ1n) is 12.3. The second-order valence-electron chi connectivity index (χ2n) is 9.18. The van der Waals surface area contributed by atoms with Gasteiger partial charge in [-0.2, -0.15) is 0 Å². The molecule has 1 amide bonds. The molecule has 0 bridgehead atoms. The number of fused-ring (bicyclic) bond motifs is 1. The van der Waals surface area contributed by atoms with Crippen LogP contribution in [0.3, 0.4) is 0 Å². The molecule has 3 aliphatic heterocycles. The fraction of sp³-hybridized carbons (Fsp3) is 0.462. The van der Waals surface area contributed by atoms with Gasteiger partial charge in [0.2, 0.25) is 5.78 Å². The Balaban J connectivity index is 1.30. The van der Waals surface area contributed by atoms with E-state index in [-0.39, 0.29) is 35.8 Å². The van der Waals surface area contributed by atoms with E-state index in [4.69, 9.17) is 14.2 Å². The van der Waals surface area contributed by atoms with Crippen LogP contribution in [0.15, 0.2) is 36.4 Å². The summed E-state index contributed by atoms with van der Waals surface area (Å²) in [5, 5.41) is 13.8. The minimum atomic E-state index is -1.25. The highest BCUT2D eigenvalue weighted by Gasteiger charge is 2.31. The largest absolute Gasteiger partial charge is 0.486 e.